The quantitative estimate of drug-likeness (QED) is 0.481. The molecule has 0 amide bonds. The number of nitrogens with zero attached hydrogens (tertiary/aromatic N) is 5. The van der Waals surface area contributed by atoms with Gasteiger partial charge in [-0.2, -0.15) is 13.5 Å². The molecule has 3 aliphatic rings. The third kappa shape index (κ3) is 4.46. The number of anilines is 2. The number of hydrogen-bond donors (Lipinski definition) is 1. The van der Waals surface area contributed by atoms with Gasteiger partial charge < -0.3 is 15.3 Å². The maximum atomic E-state index is 13.2. The average molecular weight is 472 g/mol. The van der Waals surface area contributed by atoms with Crippen molar-refractivity contribution in [2.45, 2.75) is 45.4 Å². The predicted molar refractivity (Wildman–Crippen MR) is 127 cm³/mol. The highest BCUT2D eigenvalue weighted by Gasteiger charge is 2.28. The van der Waals surface area contributed by atoms with Crippen LogP contribution in [0.4, 0.5) is 11.4 Å². The van der Waals surface area contributed by atoms with Gasteiger partial charge in [-0.1, -0.05) is 13.0 Å². The van der Waals surface area contributed by atoms with Gasteiger partial charge in [-0.3, -0.25) is 4.68 Å². The molecule has 0 spiro atoms. The van der Waals surface area contributed by atoms with Crippen LogP contribution >= 0.6 is 0 Å². The fraction of sp³-hybridized carbons (Fsp3) is 0.565. The Morgan fingerprint density at radius 1 is 1.21 bits per heavy atom. The summed E-state index contributed by atoms with van der Waals surface area (Å²) < 4.78 is 32.9. The summed E-state index contributed by atoms with van der Waals surface area (Å²) in [6.45, 7) is 4.86. The standard InChI is InChI=1S/C23H32N6O3S/c1-16-13-28(14-16)9-10-29(19-12-24-27(2)15-19)33(31,32)26-23(30)25-22-20-7-3-5-17(20)11-18-6-4-8-21(18)22/h11-12,15-16H,3-10,13-14H2,1-2H3,(H2,25,26,30)/p-1. The number of fused-ring (bicyclic) bond motifs is 2. The van der Waals surface area contributed by atoms with Gasteiger partial charge >= 0.3 is 10.2 Å². The number of aromatic nitrogens is 2. The summed E-state index contributed by atoms with van der Waals surface area (Å²) in [7, 11) is -2.51. The van der Waals surface area contributed by atoms with Crippen LogP contribution in [0.1, 0.15) is 42.0 Å². The molecule has 33 heavy (non-hydrogen) atoms. The lowest BCUT2D eigenvalue weighted by atomic mass is 9.99. The first-order valence-electron chi connectivity index (χ1n) is 11.7. The molecule has 0 unspecified atom stereocenters. The van der Waals surface area contributed by atoms with Crippen molar-refractivity contribution in [1.82, 2.24) is 14.7 Å². The normalized spacial score (nSPS) is 18.8. The van der Waals surface area contributed by atoms with Crippen LogP contribution in [0.25, 0.3) is 0 Å². The second-order valence-electron chi connectivity index (χ2n) is 9.54. The largest absolute Gasteiger partial charge is 0.845 e. The molecule has 178 valence electrons. The molecule has 1 aliphatic heterocycles. The summed E-state index contributed by atoms with van der Waals surface area (Å²) in [5.41, 5.74) is 6.04. The summed E-state index contributed by atoms with van der Waals surface area (Å²) in [6.07, 6.45) is 9.04. The number of likely N-dealkylation sites (tertiary alicyclic amines) is 1. The fourth-order valence-corrected chi connectivity index (χ4v) is 6.44. The first-order chi connectivity index (χ1) is 15.8. The summed E-state index contributed by atoms with van der Waals surface area (Å²) in [5, 5.41) is 19.9. The van der Waals surface area contributed by atoms with Crippen molar-refractivity contribution in [2.24, 2.45) is 17.4 Å². The van der Waals surface area contributed by atoms with Crippen molar-refractivity contribution in [3.8, 4) is 0 Å². The van der Waals surface area contributed by atoms with E-state index in [4.69, 9.17) is 0 Å². The zero-order valence-electron chi connectivity index (χ0n) is 19.2. The minimum atomic E-state index is -4.24. The predicted octanol–water partition coefficient (Wildman–Crippen LogP) is 1.23. The van der Waals surface area contributed by atoms with E-state index >= 15 is 0 Å². The van der Waals surface area contributed by atoms with Crippen molar-refractivity contribution in [3.63, 3.8) is 0 Å². The van der Waals surface area contributed by atoms with Crippen LogP contribution in [0.15, 0.2) is 22.9 Å². The first-order valence-corrected chi connectivity index (χ1v) is 13.1. The molecule has 1 aromatic carbocycles. The number of benzene rings is 1. The number of aryl methyl sites for hydroxylation is 3. The fourth-order valence-electron chi connectivity index (χ4n) is 5.41. The van der Waals surface area contributed by atoms with E-state index in [2.05, 4.69) is 32.7 Å². The van der Waals surface area contributed by atoms with Crippen molar-refractivity contribution in [1.29, 1.82) is 0 Å². The van der Waals surface area contributed by atoms with Crippen molar-refractivity contribution >= 4 is 27.6 Å². The molecule has 2 aromatic rings. The Balaban J connectivity index is 1.40. The minimum absolute atomic E-state index is 0.216. The van der Waals surface area contributed by atoms with Gasteiger partial charge in [0.25, 0.3) is 0 Å². The van der Waals surface area contributed by atoms with Crippen molar-refractivity contribution in [3.05, 3.63) is 40.7 Å². The van der Waals surface area contributed by atoms with E-state index < -0.39 is 16.2 Å². The Bertz CT molecular complexity index is 1150. The average Bonchev–Trinajstić information content (AvgIpc) is 3.46. The molecular weight excluding hydrogens is 440 g/mol. The lowest BCUT2D eigenvalue weighted by Gasteiger charge is -2.38. The number of hydrogen-bond acceptors (Lipinski definition) is 5. The molecule has 0 atom stereocenters. The molecule has 0 radical (unpaired) electrons. The zero-order chi connectivity index (χ0) is 23.2. The lowest BCUT2D eigenvalue weighted by molar-refractivity contribution is -0.213. The number of nitrogens with one attached hydrogen (secondary N) is 1. The van der Waals surface area contributed by atoms with E-state index in [1.807, 2.05) is 0 Å². The monoisotopic (exact) mass is 471 g/mol. The molecule has 0 saturated carbocycles. The van der Waals surface area contributed by atoms with Gasteiger partial charge in [-0.05, 0) is 66.7 Å². The van der Waals surface area contributed by atoms with Crippen LogP contribution in [0.3, 0.4) is 0 Å². The van der Waals surface area contributed by atoms with Gasteiger partial charge in [-0.25, -0.2) is 4.31 Å². The van der Waals surface area contributed by atoms with Crippen LogP contribution in [0, 0.1) is 5.92 Å². The molecule has 0 bridgehead atoms. The summed E-state index contributed by atoms with van der Waals surface area (Å²) >= 11 is 0. The van der Waals surface area contributed by atoms with E-state index in [1.54, 1.807) is 17.9 Å². The maximum Gasteiger partial charge on any atom is 0.345 e. The Hall–Kier alpha value is -2.59. The minimum Gasteiger partial charge on any atom is -0.845 e. The Kier molecular flexibility index (Phi) is 5.82. The number of amidine groups is 1. The second-order valence-corrected chi connectivity index (χ2v) is 11.1. The van der Waals surface area contributed by atoms with E-state index in [9.17, 15) is 13.5 Å². The molecule has 1 fully saturated rings. The van der Waals surface area contributed by atoms with Gasteiger partial charge in [0.15, 0.2) is 0 Å². The van der Waals surface area contributed by atoms with E-state index in [0.29, 0.717) is 18.2 Å². The Morgan fingerprint density at radius 3 is 2.45 bits per heavy atom. The zero-order valence-corrected chi connectivity index (χ0v) is 20.1. The Morgan fingerprint density at radius 2 is 1.88 bits per heavy atom. The number of rotatable bonds is 7. The van der Waals surface area contributed by atoms with Crippen molar-refractivity contribution in [2.75, 3.05) is 35.8 Å². The van der Waals surface area contributed by atoms with Crippen LogP contribution in [-0.4, -0.2) is 55.3 Å². The van der Waals surface area contributed by atoms with E-state index in [-0.39, 0.29) is 6.54 Å². The highest BCUT2D eigenvalue weighted by atomic mass is 32.2. The van der Waals surface area contributed by atoms with Crippen LogP contribution in [0.2, 0.25) is 0 Å². The van der Waals surface area contributed by atoms with Crippen LogP contribution in [0.5, 0.6) is 0 Å². The molecule has 2 aliphatic carbocycles. The summed E-state index contributed by atoms with van der Waals surface area (Å²) in [5.74, 6) is 0.623. The highest BCUT2D eigenvalue weighted by molar-refractivity contribution is 7.91. The molecule has 5 rings (SSSR count). The van der Waals surface area contributed by atoms with E-state index in [1.165, 1.54) is 21.6 Å². The topological polar surface area (TPSA) is 106 Å². The molecular formula is C23H31N6O3S-. The second kappa shape index (κ2) is 8.64. The van der Waals surface area contributed by atoms with E-state index in [0.717, 1.165) is 68.4 Å². The molecule has 1 N–H and O–H groups in total. The summed E-state index contributed by atoms with van der Waals surface area (Å²) in [6, 6.07) is 1.44. The molecule has 1 aromatic heterocycles. The van der Waals surface area contributed by atoms with Crippen LogP contribution in [-0.2, 0) is 42.9 Å². The van der Waals surface area contributed by atoms with Gasteiger partial charge in [0, 0.05) is 45.1 Å². The third-order valence-electron chi connectivity index (χ3n) is 6.92. The van der Waals surface area contributed by atoms with Gasteiger partial charge in [0.05, 0.1) is 17.9 Å². The first kappa shape index (κ1) is 22.2. The molecule has 10 heteroatoms. The smallest absolute Gasteiger partial charge is 0.345 e. The molecule has 2 heterocycles. The SMILES string of the molecule is CC1CN(CCN(c2cnn(C)c2)S(=O)(=O)/N=C(\[O-])Nc2c3c(cc4c2CCC4)CCC3)C1. The summed E-state index contributed by atoms with van der Waals surface area (Å²) in [4.78, 5) is 2.19. The third-order valence-corrected chi connectivity index (χ3v) is 8.27. The van der Waals surface area contributed by atoms with Crippen LogP contribution < -0.4 is 14.7 Å². The van der Waals surface area contributed by atoms with Gasteiger partial charge in [0.2, 0.25) is 0 Å². The molecule has 1 saturated heterocycles. The van der Waals surface area contributed by atoms with Gasteiger partial charge in [-0.15, -0.1) is 4.40 Å². The Labute approximate surface area is 195 Å². The van der Waals surface area contributed by atoms with Crippen molar-refractivity contribution < 1.29 is 13.5 Å². The molecule has 9 nitrogen and oxygen atoms in total. The lowest BCUT2D eigenvalue weighted by Crippen LogP contribution is -2.49. The van der Waals surface area contributed by atoms with Gasteiger partial charge in [0.1, 0.15) is 0 Å². The maximum absolute atomic E-state index is 13.2. The highest BCUT2D eigenvalue weighted by Crippen LogP contribution is 2.38.